The highest BCUT2D eigenvalue weighted by atomic mass is 35.5. The minimum Gasteiger partial charge on any atom is -0.305 e. The molecule has 0 aliphatic heterocycles. The summed E-state index contributed by atoms with van der Waals surface area (Å²) in [5, 5.41) is 3.04. The van der Waals surface area contributed by atoms with E-state index in [0.29, 0.717) is 10.7 Å². The maximum Gasteiger partial charge on any atom is 0.343 e. The van der Waals surface area contributed by atoms with Gasteiger partial charge in [-0.25, -0.2) is 10.3 Å². The Morgan fingerprint density at radius 1 is 1.26 bits per heavy atom. The van der Waals surface area contributed by atoms with Crippen LogP contribution in [0.5, 0.6) is 0 Å². The molecule has 98 valence electrons. The molecule has 0 bridgehead atoms. The maximum atomic E-state index is 11.5. The van der Waals surface area contributed by atoms with Crippen LogP contribution in [0, 0.1) is 0 Å². The molecular formula is C13H12ClN3O2. The van der Waals surface area contributed by atoms with Gasteiger partial charge >= 0.3 is 6.03 Å². The third-order valence-electron chi connectivity index (χ3n) is 2.25. The quantitative estimate of drug-likeness (QED) is 0.845. The highest BCUT2D eigenvalue weighted by Crippen LogP contribution is 2.19. The van der Waals surface area contributed by atoms with Crippen LogP contribution in [-0.4, -0.2) is 11.0 Å². The summed E-state index contributed by atoms with van der Waals surface area (Å²) in [5.74, 6) is 0. The summed E-state index contributed by atoms with van der Waals surface area (Å²) in [5.41, 5.74) is 3.65. The van der Waals surface area contributed by atoms with Gasteiger partial charge in [0.1, 0.15) is 6.61 Å². The maximum absolute atomic E-state index is 11.5. The lowest BCUT2D eigenvalue weighted by atomic mass is 10.3. The number of para-hydroxylation sites is 1. The van der Waals surface area contributed by atoms with Crippen molar-refractivity contribution < 1.29 is 9.63 Å². The van der Waals surface area contributed by atoms with Gasteiger partial charge in [-0.2, -0.15) is 0 Å². The number of hydrogen-bond acceptors (Lipinski definition) is 3. The first-order valence-corrected chi connectivity index (χ1v) is 5.96. The number of aromatic nitrogens is 1. The van der Waals surface area contributed by atoms with Crippen molar-refractivity contribution in [1.82, 2.24) is 10.5 Å². The Labute approximate surface area is 115 Å². The number of rotatable bonds is 4. The molecule has 6 heteroatoms. The van der Waals surface area contributed by atoms with E-state index in [1.807, 2.05) is 6.07 Å². The number of benzene rings is 1. The molecule has 0 saturated heterocycles. The summed E-state index contributed by atoms with van der Waals surface area (Å²) in [7, 11) is 0. The third-order valence-corrected chi connectivity index (χ3v) is 2.58. The monoisotopic (exact) mass is 277 g/mol. The van der Waals surface area contributed by atoms with Gasteiger partial charge in [0.2, 0.25) is 0 Å². The Hall–Kier alpha value is -2.11. The Balaban J connectivity index is 1.78. The first-order valence-electron chi connectivity index (χ1n) is 5.58. The molecule has 0 fully saturated rings. The number of urea groups is 1. The Kier molecular flexibility index (Phi) is 4.72. The molecule has 19 heavy (non-hydrogen) atoms. The normalized spacial score (nSPS) is 9.95. The molecule has 2 aromatic rings. The van der Waals surface area contributed by atoms with Gasteiger partial charge in [-0.3, -0.25) is 9.82 Å². The number of anilines is 1. The number of nitrogens with zero attached hydrogens (tertiary/aromatic N) is 1. The van der Waals surface area contributed by atoms with Crippen LogP contribution in [-0.2, 0) is 11.4 Å². The number of halogens is 1. The van der Waals surface area contributed by atoms with Crippen LogP contribution < -0.4 is 10.8 Å². The lowest BCUT2D eigenvalue weighted by Gasteiger charge is -2.08. The zero-order valence-corrected chi connectivity index (χ0v) is 10.7. The largest absolute Gasteiger partial charge is 0.343 e. The van der Waals surface area contributed by atoms with E-state index in [-0.39, 0.29) is 6.61 Å². The molecule has 0 aliphatic rings. The van der Waals surface area contributed by atoms with Gasteiger partial charge in [0, 0.05) is 12.4 Å². The molecule has 0 atom stereocenters. The Morgan fingerprint density at radius 3 is 2.84 bits per heavy atom. The van der Waals surface area contributed by atoms with Gasteiger partial charge in [0.15, 0.2) is 0 Å². The lowest BCUT2D eigenvalue weighted by Crippen LogP contribution is -2.28. The van der Waals surface area contributed by atoms with Crippen molar-refractivity contribution in [3.63, 3.8) is 0 Å². The highest BCUT2D eigenvalue weighted by molar-refractivity contribution is 6.33. The van der Waals surface area contributed by atoms with Crippen molar-refractivity contribution in [2.45, 2.75) is 6.61 Å². The number of pyridine rings is 1. The van der Waals surface area contributed by atoms with E-state index in [1.165, 1.54) is 0 Å². The summed E-state index contributed by atoms with van der Waals surface area (Å²) in [6.07, 6.45) is 3.33. The summed E-state index contributed by atoms with van der Waals surface area (Å²) in [6, 6.07) is 10.1. The molecular weight excluding hydrogens is 266 g/mol. The summed E-state index contributed by atoms with van der Waals surface area (Å²) in [4.78, 5) is 20.5. The van der Waals surface area contributed by atoms with Gasteiger partial charge in [-0.15, -0.1) is 0 Å². The molecule has 0 spiro atoms. The smallest absolute Gasteiger partial charge is 0.305 e. The molecule has 2 rings (SSSR count). The average molecular weight is 278 g/mol. The third kappa shape index (κ3) is 4.24. The fraction of sp³-hybridized carbons (Fsp3) is 0.0769. The van der Waals surface area contributed by atoms with E-state index in [4.69, 9.17) is 16.4 Å². The summed E-state index contributed by atoms with van der Waals surface area (Å²) < 4.78 is 0. The predicted molar refractivity (Wildman–Crippen MR) is 72.6 cm³/mol. The highest BCUT2D eigenvalue weighted by Gasteiger charge is 2.04. The first-order chi connectivity index (χ1) is 9.25. The van der Waals surface area contributed by atoms with E-state index in [0.717, 1.165) is 5.56 Å². The number of carbonyl (C=O) groups is 1. The SMILES string of the molecule is O=C(NOCc1cccnc1)Nc1ccccc1Cl. The molecule has 1 aromatic heterocycles. The second-order valence-corrected chi connectivity index (χ2v) is 4.09. The van der Waals surface area contributed by atoms with Crippen molar-refractivity contribution in [2.75, 3.05) is 5.32 Å². The van der Waals surface area contributed by atoms with Crippen molar-refractivity contribution in [3.05, 3.63) is 59.4 Å². The number of hydrogen-bond donors (Lipinski definition) is 2. The predicted octanol–water partition coefficient (Wildman–Crippen LogP) is 2.99. The van der Waals surface area contributed by atoms with Gasteiger partial charge in [0.25, 0.3) is 0 Å². The topological polar surface area (TPSA) is 63.2 Å². The van der Waals surface area contributed by atoms with Crippen LogP contribution in [0.1, 0.15) is 5.56 Å². The molecule has 1 heterocycles. The fourth-order valence-electron chi connectivity index (χ4n) is 1.38. The van der Waals surface area contributed by atoms with Crippen LogP contribution in [0.25, 0.3) is 0 Å². The number of amides is 2. The van der Waals surface area contributed by atoms with Crippen molar-refractivity contribution in [3.8, 4) is 0 Å². The first kappa shape index (κ1) is 13.3. The standard InChI is InChI=1S/C13H12ClN3O2/c14-11-5-1-2-6-12(11)16-13(18)17-19-9-10-4-3-7-15-8-10/h1-8H,9H2,(H2,16,17,18). The van der Waals surface area contributed by atoms with Crippen molar-refractivity contribution >= 4 is 23.3 Å². The zero-order chi connectivity index (χ0) is 13.5. The van der Waals surface area contributed by atoms with Crippen LogP contribution in [0.2, 0.25) is 5.02 Å². The lowest BCUT2D eigenvalue weighted by molar-refractivity contribution is 0.0534. The average Bonchev–Trinajstić information content (AvgIpc) is 2.43. The van der Waals surface area contributed by atoms with Gasteiger partial charge in [0.05, 0.1) is 10.7 Å². The van der Waals surface area contributed by atoms with E-state index in [2.05, 4.69) is 15.8 Å². The minimum absolute atomic E-state index is 0.240. The van der Waals surface area contributed by atoms with Gasteiger partial charge < -0.3 is 5.32 Å². The molecule has 5 nitrogen and oxygen atoms in total. The van der Waals surface area contributed by atoms with E-state index in [9.17, 15) is 4.79 Å². The van der Waals surface area contributed by atoms with E-state index < -0.39 is 6.03 Å². The molecule has 0 unspecified atom stereocenters. The van der Waals surface area contributed by atoms with Crippen molar-refractivity contribution in [2.24, 2.45) is 0 Å². The molecule has 2 amide bonds. The van der Waals surface area contributed by atoms with E-state index in [1.54, 1.807) is 42.7 Å². The van der Waals surface area contributed by atoms with Gasteiger partial charge in [-0.1, -0.05) is 29.8 Å². The summed E-state index contributed by atoms with van der Waals surface area (Å²) >= 11 is 5.91. The fourth-order valence-corrected chi connectivity index (χ4v) is 1.56. The second-order valence-electron chi connectivity index (χ2n) is 3.69. The van der Waals surface area contributed by atoms with Crippen LogP contribution in [0.15, 0.2) is 48.8 Å². The summed E-state index contributed by atoms with van der Waals surface area (Å²) in [6.45, 7) is 0.240. The zero-order valence-electron chi connectivity index (χ0n) is 9.97. The molecule has 0 aliphatic carbocycles. The number of hydroxylamine groups is 1. The van der Waals surface area contributed by atoms with Crippen molar-refractivity contribution in [1.29, 1.82) is 0 Å². The second kappa shape index (κ2) is 6.72. The van der Waals surface area contributed by atoms with Gasteiger partial charge in [-0.05, 0) is 23.8 Å². The molecule has 1 aromatic carbocycles. The minimum atomic E-state index is -0.489. The molecule has 0 saturated carbocycles. The molecule has 0 radical (unpaired) electrons. The number of carbonyl (C=O) groups excluding carboxylic acids is 1. The van der Waals surface area contributed by atoms with Crippen LogP contribution in [0.4, 0.5) is 10.5 Å². The Bertz CT molecular complexity index is 549. The van der Waals surface area contributed by atoms with Crippen LogP contribution in [0.3, 0.4) is 0 Å². The Morgan fingerprint density at radius 2 is 2.11 bits per heavy atom. The molecule has 2 N–H and O–H groups in total. The number of nitrogens with one attached hydrogen (secondary N) is 2. The van der Waals surface area contributed by atoms with E-state index >= 15 is 0 Å². The van der Waals surface area contributed by atoms with Crippen LogP contribution >= 0.6 is 11.6 Å².